The molecule has 0 saturated heterocycles. The van der Waals surface area contributed by atoms with Crippen LogP contribution in [0.5, 0.6) is 0 Å². The standard InChI is InChI=1S/C22H24O3/c1-22(2,12-6-7-13-25-3)15-10-11-18-19(14-15)21(24)17-9-5-4-8-16(17)20(18)23/h4-5,8-11,14H,6-7,12-13H2,1-3H3. The molecule has 0 saturated carbocycles. The molecule has 0 unspecified atom stereocenters. The third kappa shape index (κ3) is 3.29. The Hall–Kier alpha value is -2.26. The van der Waals surface area contributed by atoms with Crippen LogP contribution >= 0.6 is 0 Å². The van der Waals surface area contributed by atoms with Crippen molar-refractivity contribution < 1.29 is 14.3 Å². The molecule has 3 rings (SSSR count). The van der Waals surface area contributed by atoms with Crippen molar-refractivity contribution in [3.8, 4) is 0 Å². The van der Waals surface area contributed by atoms with Gasteiger partial charge in [0, 0.05) is 36.0 Å². The van der Waals surface area contributed by atoms with E-state index in [1.54, 1.807) is 31.4 Å². The van der Waals surface area contributed by atoms with Gasteiger partial charge in [0.25, 0.3) is 0 Å². The molecule has 0 N–H and O–H groups in total. The van der Waals surface area contributed by atoms with E-state index in [4.69, 9.17) is 4.74 Å². The zero-order valence-electron chi connectivity index (χ0n) is 15.1. The third-order valence-electron chi connectivity index (χ3n) is 5.11. The fourth-order valence-electron chi connectivity index (χ4n) is 3.48. The van der Waals surface area contributed by atoms with Gasteiger partial charge in [-0.3, -0.25) is 9.59 Å². The first-order valence-corrected chi connectivity index (χ1v) is 8.77. The van der Waals surface area contributed by atoms with Gasteiger partial charge in [-0.15, -0.1) is 0 Å². The van der Waals surface area contributed by atoms with Crippen molar-refractivity contribution in [2.24, 2.45) is 0 Å². The van der Waals surface area contributed by atoms with Crippen molar-refractivity contribution in [2.75, 3.05) is 13.7 Å². The molecule has 1 aliphatic rings. The van der Waals surface area contributed by atoms with Crippen molar-refractivity contribution in [3.05, 3.63) is 70.3 Å². The highest BCUT2D eigenvalue weighted by atomic mass is 16.5. The lowest BCUT2D eigenvalue weighted by atomic mass is 9.76. The Balaban J connectivity index is 1.92. The molecule has 0 bridgehead atoms. The average molecular weight is 336 g/mol. The van der Waals surface area contributed by atoms with Gasteiger partial charge in [0.15, 0.2) is 11.6 Å². The molecule has 1 aliphatic carbocycles. The molecular formula is C22H24O3. The summed E-state index contributed by atoms with van der Waals surface area (Å²) in [5.41, 5.74) is 3.11. The van der Waals surface area contributed by atoms with Crippen LogP contribution < -0.4 is 0 Å². The van der Waals surface area contributed by atoms with Crippen LogP contribution in [-0.2, 0) is 10.2 Å². The van der Waals surface area contributed by atoms with E-state index in [1.807, 2.05) is 18.2 Å². The second-order valence-electron chi connectivity index (χ2n) is 7.30. The number of carbonyl (C=O) groups excluding carboxylic acids is 2. The lowest BCUT2D eigenvalue weighted by Gasteiger charge is -2.27. The van der Waals surface area contributed by atoms with E-state index in [0.29, 0.717) is 22.3 Å². The van der Waals surface area contributed by atoms with E-state index in [-0.39, 0.29) is 17.0 Å². The fourth-order valence-corrected chi connectivity index (χ4v) is 3.48. The molecule has 2 aromatic carbocycles. The summed E-state index contributed by atoms with van der Waals surface area (Å²) in [5, 5.41) is 0. The normalized spacial score (nSPS) is 13.6. The number of hydrogen-bond donors (Lipinski definition) is 0. The molecule has 0 aromatic heterocycles. The van der Waals surface area contributed by atoms with Crippen LogP contribution in [0, 0.1) is 0 Å². The molecule has 2 aromatic rings. The molecule has 0 spiro atoms. The summed E-state index contributed by atoms with van der Waals surface area (Å²) in [6.45, 7) is 5.14. The lowest BCUT2D eigenvalue weighted by molar-refractivity contribution is 0.0979. The van der Waals surface area contributed by atoms with E-state index in [9.17, 15) is 9.59 Å². The number of ketones is 2. The third-order valence-corrected chi connectivity index (χ3v) is 5.11. The maximum atomic E-state index is 12.9. The summed E-state index contributed by atoms with van der Waals surface area (Å²) < 4.78 is 5.11. The van der Waals surface area contributed by atoms with Crippen molar-refractivity contribution in [1.82, 2.24) is 0 Å². The second kappa shape index (κ2) is 6.93. The van der Waals surface area contributed by atoms with Gasteiger partial charge < -0.3 is 4.74 Å². The minimum atomic E-state index is -0.0605. The Morgan fingerprint density at radius 2 is 1.44 bits per heavy atom. The lowest BCUT2D eigenvalue weighted by Crippen LogP contribution is -2.23. The first-order chi connectivity index (χ1) is 12.0. The molecule has 130 valence electrons. The van der Waals surface area contributed by atoms with Gasteiger partial charge in [-0.1, -0.05) is 50.6 Å². The van der Waals surface area contributed by atoms with Crippen molar-refractivity contribution >= 4 is 11.6 Å². The number of fused-ring (bicyclic) bond motifs is 2. The van der Waals surface area contributed by atoms with Crippen LogP contribution in [0.15, 0.2) is 42.5 Å². The van der Waals surface area contributed by atoms with Gasteiger partial charge in [0.2, 0.25) is 0 Å². The highest BCUT2D eigenvalue weighted by Crippen LogP contribution is 2.34. The summed E-state index contributed by atoms with van der Waals surface area (Å²) >= 11 is 0. The first kappa shape index (κ1) is 17.6. The fraction of sp³-hybridized carbons (Fsp3) is 0.364. The van der Waals surface area contributed by atoms with Crippen LogP contribution in [0.25, 0.3) is 0 Å². The summed E-state index contributed by atoms with van der Waals surface area (Å²) in [6.07, 6.45) is 3.09. The molecule has 0 amide bonds. The summed E-state index contributed by atoms with van der Waals surface area (Å²) in [7, 11) is 1.72. The van der Waals surface area contributed by atoms with E-state index in [2.05, 4.69) is 13.8 Å². The van der Waals surface area contributed by atoms with Gasteiger partial charge in [0.1, 0.15) is 0 Å². The monoisotopic (exact) mass is 336 g/mol. The van der Waals surface area contributed by atoms with Crippen LogP contribution in [0.4, 0.5) is 0 Å². The SMILES string of the molecule is COCCCCC(C)(C)c1ccc2c(c1)C(=O)c1ccccc1C2=O. The number of benzene rings is 2. The van der Waals surface area contributed by atoms with Crippen molar-refractivity contribution in [1.29, 1.82) is 0 Å². The van der Waals surface area contributed by atoms with Crippen LogP contribution in [0.1, 0.15) is 70.5 Å². The molecule has 25 heavy (non-hydrogen) atoms. The van der Waals surface area contributed by atoms with Crippen molar-refractivity contribution in [3.63, 3.8) is 0 Å². The molecule has 0 fully saturated rings. The molecular weight excluding hydrogens is 312 g/mol. The molecule has 3 nitrogen and oxygen atoms in total. The zero-order chi connectivity index (χ0) is 18.0. The highest BCUT2D eigenvalue weighted by Gasteiger charge is 2.31. The smallest absolute Gasteiger partial charge is 0.194 e. The van der Waals surface area contributed by atoms with Gasteiger partial charge in [-0.25, -0.2) is 0 Å². The first-order valence-electron chi connectivity index (χ1n) is 8.77. The number of methoxy groups -OCH3 is 1. The van der Waals surface area contributed by atoms with Crippen LogP contribution in [0.3, 0.4) is 0 Å². The Labute approximate surface area is 149 Å². The highest BCUT2D eigenvalue weighted by molar-refractivity contribution is 6.28. The number of hydrogen-bond acceptors (Lipinski definition) is 3. The average Bonchev–Trinajstić information content (AvgIpc) is 2.63. The maximum Gasteiger partial charge on any atom is 0.194 e. The minimum absolute atomic E-state index is 0.0525. The largest absolute Gasteiger partial charge is 0.385 e. The topological polar surface area (TPSA) is 43.4 Å². The molecule has 0 radical (unpaired) electrons. The summed E-state index contributed by atoms with van der Waals surface area (Å²) in [4.78, 5) is 25.6. The van der Waals surface area contributed by atoms with E-state index < -0.39 is 0 Å². The van der Waals surface area contributed by atoms with E-state index in [1.165, 1.54) is 0 Å². The minimum Gasteiger partial charge on any atom is -0.385 e. The van der Waals surface area contributed by atoms with Gasteiger partial charge in [-0.05, 0) is 36.0 Å². The van der Waals surface area contributed by atoms with E-state index >= 15 is 0 Å². The Kier molecular flexibility index (Phi) is 4.87. The number of carbonyl (C=O) groups is 2. The number of unbranched alkanes of at least 4 members (excludes halogenated alkanes) is 1. The van der Waals surface area contributed by atoms with Gasteiger partial charge >= 0.3 is 0 Å². The van der Waals surface area contributed by atoms with E-state index in [0.717, 1.165) is 31.4 Å². The number of ether oxygens (including phenoxy) is 1. The zero-order valence-corrected chi connectivity index (χ0v) is 15.1. The van der Waals surface area contributed by atoms with Gasteiger partial charge in [0.05, 0.1) is 0 Å². The molecule has 0 aliphatic heterocycles. The van der Waals surface area contributed by atoms with Crippen molar-refractivity contribution in [2.45, 2.75) is 38.5 Å². The second-order valence-corrected chi connectivity index (χ2v) is 7.30. The van der Waals surface area contributed by atoms with Crippen LogP contribution in [0.2, 0.25) is 0 Å². The van der Waals surface area contributed by atoms with Gasteiger partial charge in [-0.2, -0.15) is 0 Å². The molecule has 3 heteroatoms. The number of rotatable bonds is 6. The maximum absolute atomic E-state index is 12.9. The molecule has 0 heterocycles. The quantitative estimate of drug-likeness (QED) is 0.620. The predicted molar refractivity (Wildman–Crippen MR) is 98.5 cm³/mol. The predicted octanol–water partition coefficient (Wildman–Crippen LogP) is 4.56. The molecule has 0 atom stereocenters. The van der Waals surface area contributed by atoms with Crippen LogP contribution in [-0.4, -0.2) is 25.3 Å². The summed E-state index contributed by atoms with van der Waals surface area (Å²) in [6, 6.07) is 12.8. The summed E-state index contributed by atoms with van der Waals surface area (Å²) in [5.74, 6) is -0.114. The Morgan fingerprint density at radius 3 is 2.08 bits per heavy atom. The Bertz CT molecular complexity index is 818. The Morgan fingerprint density at radius 1 is 0.840 bits per heavy atom.